The van der Waals surface area contributed by atoms with Crippen molar-refractivity contribution in [2.45, 2.75) is 19.4 Å². The van der Waals surface area contributed by atoms with Gasteiger partial charge in [0.25, 0.3) is 5.91 Å². The van der Waals surface area contributed by atoms with Gasteiger partial charge in [-0.05, 0) is 30.5 Å². The lowest BCUT2D eigenvalue weighted by Gasteiger charge is -2.34. The van der Waals surface area contributed by atoms with Crippen LogP contribution in [0.25, 0.3) is 0 Å². The van der Waals surface area contributed by atoms with Crippen LogP contribution in [0.1, 0.15) is 28.8 Å². The molecule has 3 heterocycles. The average molecular weight is 394 g/mol. The van der Waals surface area contributed by atoms with Gasteiger partial charge in [-0.2, -0.15) is 0 Å². The smallest absolute Gasteiger partial charge is 0.255 e. The molecular formula is C23H31N5O. The van der Waals surface area contributed by atoms with Gasteiger partial charge in [0.2, 0.25) is 0 Å². The van der Waals surface area contributed by atoms with Crippen LogP contribution in [0.3, 0.4) is 0 Å². The van der Waals surface area contributed by atoms with Gasteiger partial charge < -0.3 is 10.2 Å². The van der Waals surface area contributed by atoms with Gasteiger partial charge in [0.1, 0.15) is 5.82 Å². The monoisotopic (exact) mass is 393 g/mol. The Hall–Kier alpha value is -2.44. The molecule has 154 valence electrons. The van der Waals surface area contributed by atoms with Crippen LogP contribution in [0.2, 0.25) is 0 Å². The molecule has 2 aromatic rings. The van der Waals surface area contributed by atoms with Crippen LogP contribution in [0.4, 0.5) is 5.82 Å². The molecule has 0 spiro atoms. The predicted molar refractivity (Wildman–Crippen MR) is 116 cm³/mol. The normalized spacial score (nSPS) is 18.1. The number of amides is 1. The van der Waals surface area contributed by atoms with Gasteiger partial charge in [0.15, 0.2) is 0 Å². The van der Waals surface area contributed by atoms with Crippen LogP contribution >= 0.6 is 0 Å². The van der Waals surface area contributed by atoms with Gasteiger partial charge in [-0.1, -0.05) is 30.3 Å². The van der Waals surface area contributed by atoms with Crippen LogP contribution in [-0.4, -0.2) is 77.9 Å². The zero-order valence-electron chi connectivity index (χ0n) is 17.1. The number of benzene rings is 1. The Kier molecular flexibility index (Phi) is 6.75. The van der Waals surface area contributed by atoms with Crippen molar-refractivity contribution in [3.05, 3.63) is 59.8 Å². The van der Waals surface area contributed by atoms with Crippen molar-refractivity contribution < 1.29 is 4.79 Å². The number of piperazine rings is 1. The molecule has 0 radical (unpaired) electrons. The molecule has 2 fully saturated rings. The Balaban J connectivity index is 1.16. The van der Waals surface area contributed by atoms with E-state index in [1.54, 1.807) is 6.20 Å². The Morgan fingerprint density at radius 3 is 2.31 bits per heavy atom. The molecule has 0 aliphatic carbocycles. The van der Waals surface area contributed by atoms with E-state index in [-0.39, 0.29) is 5.91 Å². The topological polar surface area (TPSA) is 51.7 Å². The molecule has 1 aromatic carbocycles. The van der Waals surface area contributed by atoms with Crippen molar-refractivity contribution in [2.75, 3.05) is 57.7 Å². The Bertz CT molecular complexity index is 766. The summed E-state index contributed by atoms with van der Waals surface area (Å²) in [5, 5.41) is 3.39. The highest BCUT2D eigenvalue weighted by atomic mass is 16.2. The van der Waals surface area contributed by atoms with E-state index in [1.165, 1.54) is 5.56 Å². The molecule has 0 atom stereocenters. The summed E-state index contributed by atoms with van der Waals surface area (Å²) in [6, 6.07) is 14.5. The minimum Gasteiger partial charge on any atom is -0.369 e. The first-order valence-electron chi connectivity index (χ1n) is 10.8. The second-order valence-electron chi connectivity index (χ2n) is 7.96. The van der Waals surface area contributed by atoms with Crippen LogP contribution < -0.4 is 5.32 Å². The summed E-state index contributed by atoms with van der Waals surface area (Å²) in [5.74, 6) is 0.945. The summed E-state index contributed by atoms with van der Waals surface area (Å²) >= 11 is 0. The number of hydrogen-bond acceptors (Lipinski definition) is 5. The molecular weight excluding hydrogens is 362 g/mol. The summed E-state index contributed by atoms with van der Waals surface area (Å²) in [6.07, 6.45) is 3.92. The first kappa shape index (κ1) is 19.9. The molecule has 2 aliphatic rings. The molecule has 2 saturated heterocycles. The van der Waals surface area contributed by atoms with E-state index in [2.05, 4.69) is 50.4 Å². The van der Waals surface area contributed by atoms with Crippen LogP contribution in [-0.2, 0) is 6.54 Å². The average Bonchev–Trinajstić information content (AvgIpc) is 3.31. The minimum atomic E-state index is 0.106. The summed E-state index contributed by atoms with van der Waals surface area (Å²) in [7, 11) is 0. The first-order chi connectivity index (χ1) is 14.3. The summed E-state index contributed by atoms with van der Waals surface area (Å²) in [5.41, 5.74) is 2.08. The van der Waals surface area contributed by atoms with Crippen LogP contribution in [0.5, 0.6) is 0 Å². The highest BCUT2D eigenvalue weighted by Gasteiger charge is 2.20. The fourth-order valence-corrected chi connectivity index (χ4v) is 4.08. The van der Waals surface area contributed by atoms with Crippen LogP contribution in [0, 0.1) is 0 Å². The van der Waals surface area contributed by atoms with Crippen molar-refractivity contribution in [3.8, 4) is 0 Å². The largest absolute Gasteiger partial charge is 0.369 e. The summed E-state index contributed by atoms with van der Waals surface area (Å²) in [4.78, 5) is 23.7. The van der Waals surface area contributed by atoms with Gasteiger partial charge in [-0.25, -0.2) is 4.98 Å². The van der Waals surface area contributed by atoms with Crippen molar-refractivity contribution >= 4 is 11.7 Å². The number of carbonyl (C=O) groups is 1. The fourth-order valence-electron chi connectivity index (χ4n) is 4.08. The highest BCUT2D eigenvalue weighted by molar-refractivity contribution is 5.94. The molecule has 0 unspecified atom stereocenters. The van der Waals surface area contributed by atoms with Gasteiger partial charge in [-0.3, -0.25) is 14.6 Å². The number of likely N-dealkylation sites (tertiary alicyclic amines) is 1. The molecule has 6 nitrogen and oxygen atoms in total. The first-order valence-corrected chi connectivity index (χ1v) is 10.8. The van der Waals surface area contributed by atoms with Crippen molar-refractivity contribution in [2.24, 2.45) is 0 Å². The van der Waals surface area contributed by atoms with E-state index in [4.69, 9.17) is 0 Å². The van der Waals surface area contributed by atoms with Crippen molar-refractivity contribution in [1.29, 1.82) is 0 Å². The highest BCUT2D eigenvalue weighted by Crippen LogP contribution is 2.14. The molecule has 4 rings (SSSR count). The predicted octanol–water partition coefficient (Wildman–Crippen LogP) is 2.55. The number of pyridine rings is 1. The molecule has 0 bridgehead atoms. The summed E-state index contributed by atoms with van der Waals surface area (Å²) in [6.45, 7) is 9.09. The number of rotatable bonds is 7. The molecule has 2 aliphatic heterocycles. The zero-order valence-corrected chi connectivity index (χ0v) is 17.1. The number of aromatic nitrogens is 1. The zero-order chi connectivity index (χ0) is 19.9. The van der Waals surface area contributed by atoms with E-state index in [9.17, 15) is 4.79 Å². The molecule has 1 N–H and O–H groups in total. The quantitative estimate of drug-likeness (QED) is 0.784. The second kappa shape index (κ2) is 9.85. The molecule has 6 heteroatoms. The standard InChI is InChI=1S/C23H31N5O/c29-23(28-11-4-5-12-28)21-8-9-22(25-18-21)24-10-13-26-14-16-27(17-15-26)19-20-6-2-1-3-7-20/h1-3,6-9,18H,4-5,10-17,19H2,(H,24,25). The minimum absolute atomic E-state index is 0.106. The molecule has 29 heavy (non-hydrogen) atoms. The van der Waals surface area contributed by atoms with E-state index in [1.807, 2.05) is 17.0 Å². The third kappa shape index (κ3) is 5.55. The fraction of sp³-hybridized carbons (Fsp3) is 0.478. The number of anilines is 1. The van der Waals surface area contributed by atoms with Gasteiger partial charge in [0, 0.05) is 65.1 Å². The third-order valence-corrected chi connectivity index (χ3v) is 5.85. The van der Waals surface area contributed by atoms with E-state index in [0.717, 1.165) is 77.6 Å². The molecule has 0 saturated carbocycles. The number of hydrogen-bond donors (Lipinski definition) is 1. The Morgan fingerprint density at radius 1 is 0.897 bits per heavy atom. The summed E-state index contributed by atoms with van der Waals surface area (Å²) < 4.78 is 0. The van der Waals surface area contributed by atoms with Gasteiger partial charge in [-0.15, -0.1) is 0 Å². The second-order valence-corrected chi connectivity index (χ2v) is 7.96. The third-order valence-electron chi connectivity index (χ3n) is 5.85. The Morgan fingerprint density at radius 2 is 1.62 bits per heavy atom. The van der Waals surface area contributed by atoms with Crippen LogP contribution in [0.15, 0.2) is 48.7 Å². The van der Waals surface area contributed by atoms with E-state index >= 15 is 0 Å². The van der Waals surface area contributed by atoms with Gasteiger partial charge >= 0.3 is 0 Å². The lowest BCUT2D eigenvalue weighted by molar-refractivity contribution is 0.0792. The lowest BCUT2D eigenvalue weighted by Crippen LogP contribution is -2.47. The van der Waals surface area contributed by atoms with Crippen molar-refractivity contribution in [3.63, 3.8) is 0 Å². The maximum absolute atomic E-state index is 12.4. The van der Waals surface area contributed by atoms with Crippen molar-refractivity contribution in [1.82, 2.24) is 19.7 Å². The lowest BCUT2D eigenvalue weighted by atomic mass is 10.2. The van der Waals surface area contributed by atoms with E-state index in [0.29, 0.717) is 5.56 Å². The number of carbonyl (C=O) groups excluding carboxylic acids is 1. The van der Waals surface area contributed by atoms with Gasteiger partial charge in [0.05, 0.1) is 5.56 Å². The molecule has 1 aromatic heterocycles. The number of nitrogens with zero attached hydrogens (tertiary/aromatic N) is 4. The maximum atomic E-state index is 12.4. The number of nitrogens with one attached hydrogen (secondary N) is 1. The van der Waals surface area contributed by atoms with E-state index < -0.39 is 0 Å². The Labute approximate surface area is 173 Å². The maximum Gasteiger partial charge on any atom is 0.255 e. The molecule has 1 amide bonds. The SMILES string of the molecule is O=C(c1ccc(NCCN2CCN(Cc3ccccc3)CC2)nc1)N1CCCC1.